The first-order chi connectivity index (χ1) is 12.4. The van der Waals surface area contributed by atoms with Crippen LogP contribution in [0.2, 0.25) is 5.02 Å². The molecule has 2 bridgehead atoms. The standard InChI is InChI=1S/C21H24ClNO3/c1-20-6-9-21(10-7-20,11-8-20)16-5-4-13-17(19(24)26-3)15(25-2)12-14(22)18(13)23-16/h4-5,12H,6-11H2,1-3H3. The van der Waals surface area contributed by atoms with Gasteiger partial charge in [0.2, 0.25) is 0 Å². The molecule has 5 rings (SSSR count). The van der Waals surface area contributed by atoms with E-state index in [1.807, 2.05) is 6.07 Å². The number of hydrogen-bond acceptors (Lipinski definition) is 4. The summed E-state index contributed by atoms with van der Waals surface area (Å²) in [6, 6.07) is 5.68. The van der Waals surface area contributed by atoms with E-state index in [2.05, 4.69) is 13.0 Å². The van der Waals surface area contributed by atoms with E-state index < -0.39 is 5.97 Å². The van der Waals surface area contributed by atoms with Crippen LogP contribution in [0.25, 0.3) is 10.9 Å². The molecule has 4 nitrogen and oxygen atoms in total. The lowest BCUT2D eigenvalue weighted by molar-refractivity contribution is 0.0534. The average molecular weight is 374 g/mol. The van der Waals surface area contributed by atoms with Gasteiger partial charge in [-0.3, -0.25) is 4.98 Å². The van der Waals surface area contributed by atoms with Crippen LogP contribution in [-0.2, 0) is 10.2 Å². The van der Waals surface area contributed by atoms with E-state index in [4.69, 9.17) is 26.1 Å². The minimum absolute atomic E-state index is 0.153. The van der Waals surface area contributed by atoms with E-state index in [-0.39, 0.29) is 5.41 Å². The zero-order valence-electron chi connectivity index (χ0n) is 15.5. The average Bonchev–Trinajstić information content (AvgIpc) is 2.68. The second kappa shape index (κ2) is 6.12. The highest BCUT2D eigenvalue weighted by molar-refractivity contribution is 6.36. The number of aromatic nitrogens is 1. The van der Waals surface area contributed by atoms with Crippen LogP contribution in [-0.4, -0.2) is 25.2 Å². The molecule has 0 unspecified atom stereocenters. The van der Waals surface area contributed by atoms with Gasteiger partial charge in [0.1, 0.15) is 11.3 Å². The Bertz CT molecular complexity index is 868. The van der Waals surface area contributed by atoms with E-state index in [0.717, 1.165) is 5.69 Å². The Kier molecular flexibility index (Phi) is 4.14. The van der Waals surface area contributed by atoms with Gasteiger partial charge in [-0.1, -0.05) is 18.5 Å². The summed E-state index contributed by atoms with van der Waals surface area (Å²) in [7, 11) is 2.88. The van der Waals surface area contributed by atoms with Crippen molar-refractivity contribution < 1.29 is 14.3 Å². The number of fused-ring (bicyclic) bond motifs is 4. The van der Waals surface area contributed by atoms with Crippen molar-refractivity contribution in [2.45, 2.75) is 50.9 Å². The van der Waals surface area contributed by atoms with Crippen molar-refractivity contribution in [1.82, 2.24) is 4.98 Å². The molecule has 3 saturated carbocycles. The van der Waals surface area contributed by atoms with E-state index in [1.165, 1.54) is 52.7 Å². The zero-order valence-corrected chi connectivity index (χ0v) is 16.3. The minimum atomic E-state index is -0.442. The van der Waals surface area contributed by atoms with Crippen molar-refractivity contribution in [3.63, 3.8) is 0 Å². The molecule has 1 aromatic carbocycles. The molecule has 3 aliphatic rings. The minimum Gasteiger partial charge on any atom is -0.496 e. The summed E-state index contributed by atoms with van der Waals surface area (Å²) in [5.41, 5.74) is 2.81. The quantitative estimate of drug-likeness (QED) is 0.685. The highest BCUT2D eigenvalue weighted by Crippen LogP contribution is 2.57. The van der Waals surface area contributed by atoms with Gasteiger partial charge in [0, 0.05) is 22.6 Å². The first-order valence-corrected chi connectivity index (χ1v) is 9.55. The molecule has 0 amide bonds. The molecule has 1 heterocycles. The predicted octanol–water partition coefficient (Wildman–Crippen LogP) is 5.30. The Morgan fingerprint density at radius 3 is 2.35 bits per heavy atom. The molecular formula is C21H24ClNO3. The van der Waals surface area contributed by atoms with Crippen LogP contribution in [0.3, 0.4) is 0 Å². The van der Waals surface area contributed by atoms with Crippen molar-refractivity contribution in [1.29, 1.82) is 0 Å². The van der Waals surface area contributed by atoms with E-state index in [1.54, 1.807) is 6.07 Å². The van der Waals surface area contributed by atoms with E-state index in [9.17, 15) is 4.79 Å². The maximum atomic E-state index is 12.3. The van der Waals surface area contributed by atoms with Gasteiger partial charge >= 0.3 is 5.97 Å². The van der Waals surface area contributed by atoms with Gasteiger partial charge in [-0.05, 0) is 56.1 Å². The molecule has 5 heteroatoms. The summed E-state index contributed by atoms with van der Waals surface area (Å²) in [6.45, 7) is 2.41. The molecule has 3 aliphatic carbocycles. The van der Waals surface area contributed by atoms with Crippen molar-refractivity contribution in [2.24, 2.45) is 5.41 Å². The van der Waals surface area contributed by atoms with E-state index in [0.29, 0.717) is 32.7 Å². The second-order valence-corrected chi connectivity index (χ2v) is 8.52. The highest BCUT2D eigenvalue weighted by Gasteiger charge is 2.47. The molecule has 0 atom stereocenters. The Hall–Kier alpha value is -1.81. The van der Waals surface area contributed by atoms with Crippen LogP contribution in [0.5, 0.6) is 5.75 Å². The number of carbonyl (C=O) groups excluding carboxylic acids is 1. The molecule has 0 N–H and O–H groups in total. The zero-order chi connectivity index (χ0) is 18.5. The Balaban J connectivity index is 1.86. The molecule has 138 valence electrons. The molecule has 0 saturated heterocycles. The monoisotopic (exact) mass is 373 g/mol. The smallest absolute Gasteiger partial charge is 0.342 e. The predicted molar refractivity (Wildman–Crippen MR) is 102 cm³/mol. The van der Waals surface area contributed by atoms with Gasteiger partial charge in [0.05, 0.1) is 24.8 Å². The molecule has 3 fully saturated rings. The maximum absolute atomic E-state index is 12.3. The van der Waals surface area contributed by atoms with Gasteiger partial charge in [0.15, 0.2) is 0 Å². The number of nitrogens with zero attached hydrogens (tertiary/aromatic N) is 1. The van der Waals surface area contributed by atoms with Crippen LogP contribution >= 0.6 is 11.6 Å². The van der Waals surface area contributed by atoms with Crippen LogP contribution < -0.4 is 4.74 Å². The van der Waals surface area contributed by atoms with Crippen molar-refractivity contribution in [3.8, 4) is 5.75 Å². The Morgan fingerprint density at radius 2 is 1.77 bits per heavy atom. The second-order valence-electron chi connectivity index (χ2n) is 8.11. The lowest BCUT2D eigenvalue weighted by atomic mass is 9.53. The van der Waals surface area contributed by atoms with Crippen LogP contribution in [0.15, 0.2) is 18.2 Å². The fraction of sp³-hybridized carbons (Fsp3) is 0.524. The lowest BCUT2D eigenvalue weighted by Gasteiger charge is -2.52. The number of rotatable bonds is 3. The third-order valence-electron chi connectivity index (χ3n) is 6.67. The van der Waals surface area contributed by atoms with Gasteiger partial charge in [-0.15, -0.1) is 0 Å². The van der Waals surface area contributed by atoms with Crippen molar-refractivity contribution in [2.75, 3.05) is 14.2 Å². The van der Waals surface area contributed by atoms with Crippen LogP contribution in [0, 0.1) is 5.41 Å². The molecule has 1 aromatic heterocycles. The Labute approximate surface area is 158 Å². The van der Waals surface area contributed by atoms with Gasteiger partial charge in [-0.25, -0.2) is 4.79 Å². The fourth-order valence-corrected chi connectivity index (χ4v) is 5.00. The normalized spacial score (nSPS) is 27.5. The fourth-order valence-electron chi connectivity index (χ4n) is 4.76. The van der Waals surface area contributed by atoms with Gasteiger partial charge in [-0.2, -0.15) is 0 Å². The molecular weight excluding hydrogens is 350 g/mol. The lowest BCUT2D eigenvalue weighted by Crippen LogP contribution is -2.43. The topological polar surface area (TPSA) is 48.4 Å². The molecule has 2 aromatic rings. The van der Waals surface area contributed by atoms with Gasteiger partial charge < -0.3 is 9.47 Å². The molecule has 26 heavy (non-hydrogen) atoms. The largest absolute Gasteiger partial charge is 0.496 e. The summed E-state index contributed by atoms with van der Waals surface area (Å²) in [5.74, 6) is -0.0320. The SMILES string of the molecule is COC(=O)c1c(OC)cc(Cl)c2nc(C34CCC(C)(CC3)CC4)ccc12. The molecule has 0 radical (unpaired) electrons. The summed E-state index contributed by atoms with van der Waals surface area (Å²) >= 11 is 6.50. The number of benzene rings is 1. The third kappa shape index (κ3) is 2.58. The first-order valence-electron chi connectivity index (χ1n) is 9.17. The summed E-state index contributed by atoms with van der Waals surface area (Å²) < 4.78 is 10.3. The third-order valence-corrected chi connectivity index (χ3v) is 6.96. The van der Waals surface area contributed by atoms with Crippen LogP contribution in [0.4, 0.5) is 0 Å². The van der Waals surface area contributed by atoms with Crippen LogP contribution in [0.1, 0.15) is 61.5 Å². The summed E-state index contributed by atoms with van der Waals surface area (Å²) in [6.07, 6.45) is 7.32. The first kappa shape index (κ1) is 17.6. The summed E-state index contributed by atoms with van der Waals surface area (Å²) in [5, 5.41) is 1.18. The number of carbonyl (C=O) groups is 1. The number of halogens is 1. The number of methoxy groups -OCH3 is 2. The number of esters is 1. The highest BCUT2D eigenvalue weighted by atomic mass is 35.5. The molecule has 0 aliphatic heterocycles. The summed E-state index contributed by atoms with van der Waals surface area (Å²) in [4.78, 5) is 17.2. The number of pyridine rings is 1. The maximum Gasteiger partial charge on any atom is 0.342 e. The van der Waals surface area contributed by atoms with Gasteiger partial charge in [0.25, 0.3) is 0 Å². The van der Waals surface area contributed by atoms with Crippen molar-refractivity contribution in [3.05, 3.63) is 34.5 Å². The number of ether oxygens (including phenoxy) is 2. The number of hydrogen-bond donors (Lipinski definition) is 0. The Morgan fingerprint density at radius 1 is 1.12 bits per heavy atom. The van der Waals surface area contributed by atoms with Crippen molar-refractivity contribution >= 4 is 28.5 Å². The molecule has 0 spiro atoms. The van der Waals surface area contributed by atoms with E-state index >= 15 is 0 Å².